The second kappa shape index (κ2) is 7.63. The third-order valence-corrected chi connectivity index (χ3v) is 3.13. The average molecular weight is 336 g/mol. The first-order chi connectivity index (χ1) is 11.3. The van der Waals surface area contributed by atoms with Crippen LogP contribution in [0.5, 0.6) is 0 Å². The summed E-state index contributed by atoms with van der Waals surface area (Å²) >= 11 is 0. The summed E-state index contributed by atoms with van der Waals surface area (Å²) in [7, 11) is 0. The predicted octanol–water partition coefficient (Wildman–Crippen LogP) is 3.05. The molecule has 0 aliphatic rings. The lowest BCUT2D eigenvalue weighted by Gasteiger charge is -2.10. The van der Waals surface area contributed by atoms with Gasteiger partial charge in [0.25, 0.3) is 0 Å². The Hall–Kier alpha value is -2.83. The highest BCUT2D eigenvalue weighted by Gasteiger charge is 2.38. The van der Waals surface area contributed by atoms with Gasteiger partial charge < -0.3 is 10.6 Å². The molecule has 7 heteroatoms. The Balaban J connectivity index is 1.92. The van der Waals surface area contributed by atoms with Gasteiger partial charge in [0, 0.05) is 12.2 Å². The lowest BCUT2D eigenvalue weighted by Crippen LogP contribution is -2.36. The van der Waals surface area contributed by atoms with E-state index < -0.39 is 12.1 Å². The number of carbonyl (C=O) groups is 2. The van der Waals surface area contributed by atoms with Crippen LogP contribution < -0.4 is 10.6 Å². The molecule has 0 heterocycles. The normalized spacial score (nSPS) is 11.0. The van der Waals surface area contributed by atoms with Gasteiger partial charge in [-0.3, -0.25) is 9.59 Å². The number of nitrogens with one attached hydrogen (secondary N) is 2. The molecule has 2 aromatic carbocycles. The summed E-state index contributed by atoms with van der Waals surface area (Å²) < 4.78 is 36.4. The van der Waals surface area contributed by atoms with E-state index in [9.17, 15) is 22.8 Å². The molecule has 0 bridgehead atoms. The van der Waals surface area contributed by atoms with Crippen molar-refractivity contribution in [2.45, 2.75) is 19.1 Å². The minimum absolute atomic E-state index is 0.190. The molecule has 2 N–H and O–H groups in total. The summed E-state index contributed by atoms with van der Waals surface area (Å²) in [5.41, 5.74) is 1.75. The summed E-state index contributed by atoms with van der Waals surface area (Å²) in [5.74, 6) is -2.24. The van der Waals surface area contributed by atoms with Crippen molar-refractivity contribution < 1.29 is 22.8 Å². The molecule has 0 unspecified atom stereocenters. The van der Waals surface area contributed by atoms with Crippen LogP contribution in [-0.4, -0.2) is 18.0 Å². The minimum Gasteiger partial charge on any atom is -0.344 e. The fourth-order valence-corrected chi connectivity index (χ4v) is 2.03. The highest BCUT2D eigenvalue weighted by Crippen LogP contribution is 2.15. The summed E-state index contributed by atoms with van der Waals surface area (Å²) in [6.45, 7) is -0.277. The molecule has 2 amide bonds. The quantitative estimate of drug-likeness (QED) is 0.882. The van der Waals surface area contributed by atoms with Gasteiger partial charge in [0.15, 0.2) is 0 Å². The van der Waals surface area contributed by atoms with E-state index in [1.54, 1.807) is 23.5 Å². The maximum Gasteiger partial charge on any atom is 0.471 e. The maximum absolute atomic E-state index is 12.1. The largest absolute Gasteiger partial charge is 0.471 e. The monoisotopic (exact) mass is 336 g/mol. The molecule has 0 radical (unpaired) electrons. The second-order valence-corrected chi connectivity index (χ2v) is 5.09. The fraction of sp³-hybridized carbons (Fsp3) is 0.176. The molecule has 0 fully saturated rings. The van der Waals surface area contributed by atoms with Crippen molar-refractivity contribution in [1.29, 1.82) is 0 Å². The third kappa shape index (κ3) is 5.42. The highest BCUT2D eigenvalue weighted by molar-refractivity contribution is 5.92. The van der Waals surface area contributed by atoms with Crippen LogP contribution >= 0.6 is 0 Å². The van der Waals surface area contributed by atoms with Crippen LogP contribution in [0.15, 0.2) is 54.6 Å². The molecule has 0 aliphatic heterocycles. The van der Waals surface area contributed by atoms with Crippen LogP contribution in [0.25, 0.3) is 0 Å². The Kier molecular flexibility index (Phi) is 5.57. The van der Waals surface area contributed by atoms with E-state index >= 15 is 0 Å². The van der Waals surface area contributed by atoms with E-state index in [0.29, 0.717) is 11.3 Å². The Bertz CT molecular complexity index is 715. The first-order valence-electron chi connectivity index (χ1n) is 7.12. The van der Waals surface area contributed by atoms with Gasteiger partial charge in [0.2, 0.25) is 5.91 Å². The number of hydrogen-bond acceptors (Lipinski definition) is 2. The molecule has 126 valence electrons. The van der Waals surface area contributed by atoms with Crippen molar-refractivity contribution in [3.63, 3.8) is 0 Å². The summed E-state index contributed by atoms with van der Waals surface area (Å²) in [6.07, 6.45) is -4.72. The van der Waals surface area contributed by atoms with Gasteiger partial charge in [-0.2, -0.15) is 13.2 Å². The molecule has 2 aromatic rings. The molecule has 0 aromatic heterocycles. The Morgan fingerprint density at radius 2 is 1.58 bits per heavy atom. The van der Waals surface area contributed by atoms with E-state index in [1.165, 1.54) is 6.07 Å². The first kappa shape index (κ1) is 17.5. The molecule has 4 nitrogen and oxygen atoms in total. The number of benzene rings is 2. The van der Waals surface area contributed by atoms with Crippen LogP contribution in [0, 0.1) is 0 Å². The number of amides is 2. The van der Waals surface area contributed by atoms with Gasteiger partial charge >= 0.3 is 12.1 Å². The molecular formula is C17H15F3N2O2. The van der Waals surface area contributed by atoms with Crippen LogP contribution in [0.4, 0.5) is 18.9 Å². The van der Waals surface area contributed by atoms with E-state index in [1.807, 2.05) is 30.3 Å². The van der Waals surface area contributed by atoms with E-state index in [4.69, 9.17) is 0 Å². The topological polar surface area (TPSA) is 58.2 Å². The molecule has 0 saturated heterocycles. The van der Waals surface area contributed by atoms with Crippen LogP contribution in [0.1, 0.15) is 11.1 Å². The van der Waals surface area contributed by atoms with Gasteiger partial charge in [-0.1, -0.05) is 42.5 Å². The van der Waals surface area contributed by atoms with Gasteiger partial charge in [0.05, 0.1) is 6.42 Å². The molecule has 24 heavy (non-hydrogen) atoms. The van der Waals surface area contributed by atoms with Crippen LogP contribution in [0.3, 0.4) is 0 Å². The number of hydrogen-bond donors (Lipinski definition) is 2. The van der Waals surface area contributed by atoms with Crippen molar-refractivity contribution in [2.24, 2.45) is 0 Å². The average Bonchev–Trinajstić information content (AvgIpc) is 2.53. The smallest absolute Gasteiger partial charge is 0.344 e. The Morgan fingerprint density at radius 3 is 2.25 bits per heavy atom. The third-order valence-electron chi connectivity index (χ3n) is 3.13. The van der Waals surface area contributed by atoms with Crippen molar-refractivity contribution in [3.8, 4) is 0 Å². The van der Waals surface area contributed by atoms with Crippen LogP contribution in [-0.2, 0) is 22.6 Å². The van der Waals surface area contributed by atoms with E-state index in [0.717, 1.165) is 5.56 Å². The lowest BCUT2D eigenvalue weighted by molar-refractivity contribution is -0.173. The zero-order valence-electron chi connectivity index (χ0n) is 12.6. The maximum atomic E-state index is 12.1. The van der Waals surface area contributed by atoms with E-state index in [-0.39, 0.29) is 18.9 Å². The van der Waals surface area contributed by atoms with Crippen molar-refractivity contribution in [2.75, 3.05) is 5.32 Å². The molecule has 2 rings (SSSR count). The standard InChI is InChI=1S/C17H15F3N2O2/c18-17(19,20)16(24)21-11-13-7-4-8-14(9-13)22-15(23)10-12-5-2-1-3-6-12/h1-9H,10-11H2,(H,21,24)(H,22,23). The van der Waals surface area contributed by atoms with Gasteiger partial charge in [-0.15, -0.1) is 0 Å². The Morgan fingerprint density at radius 1 is 0.917 bits per heavy atom. The summed E-state index contributed by atoms with van der Waals surface area (Å²) in [4.78, 5) is 22.8. The molecular weight excluding hydrogens is 321 g/mol. The second-order valence-electron chi connectivity index (χ2n) is 5.09. The number of carbonyl (C=O) groups excluding carboxylic acids is 2. The summed E-state index contributed by atoms with van der Waals surface area (Å²) in [6, 6.07) is 15.4. The van der Waals surface area contributed by atoms with Crippen molar-refractivity contribution in [1.82, 2.24) is 5.32 Å². The Labute approximate surface area is 136 Å². The number of alkyl halides is 3. The first-order valence-corrected chi connectivity index (χ1v) is 7.12. The fourth-order valence-electron chi connectivity index (χ4n) is 2.03. The molecule has 0 spiro atoms. The molecule has 0 saturated carbocycles. The van der Waals surface area contributed by atoms with Crippen molar-refractivity contribution in [3.05, 3.63) is 65.7 Å². The van der Waals surface area contributed by atoms with Gasteiger partial charge in [-0.25, -0.2) is 0 Å². The summed E-state index contributed by atoms with van der Waals surface area (Å²) in [5, 5.41) is 4.46. The predicted molar refractivity (Wildman–Crippen MR) is 83.1 cm³/mol. The van der Waals surface area contributed by atoms with Gasteiger partial charge in [-0.05, 0) is 23.3 Å². The van der Waals surface area contributed by atoms with Crippen molar-refractivity contribution >= 4 is 17.5 Å². The number of rotatable bonds is 5. The number of anilines is 1. The zero-order valence-corrected chi connectivity index (χ0v) is 12.6. The van der Waals surface area contributed by atoms with Gasteiger partial charge in [0.1, 0.15) is 0 Å². The zero-order chi connectivity index (χ0) is 17.6. The lowest BCUT2D eigenvalue weighted by atomic mass is 10.1. The SMILES string of the molecule is O=C(Cc1ccccc1)Nc1cccc(CNC(=O)C(F)(F)F)c1. The van der Waals surface area contributed by atoms with Crippen LogP contribution in [0.2, 0.25) is 0 Å². The van der Waals surface area contributed by atoms with E-state index in [2.05, 4.69) is 5.32 Å². The molecule has 0 aliphatic carbocycles. The highest BCUT2D eigenvalue weighted by atomic mass is 19.4. The number of halogens is 3. The minimum atomic E-state index is -4.92. The molecule has 0 atom stereocenters.